The number of carbonyl (C=O) groups excluding carboxylic acids is 1. The summed E-state index contributed by atoms with van der Waals surface area (Å²) in [6.45, 7) is 2.47. The smallest absolute Gasteiger partial charge is 0.226 e. The highest BCUT2D eigenvalue weighted by atomic mass is 16.6. The van der Waals surface area contributed by atoms with E-state index >= 15 is 0 Å². The Morgan fingerprint density at radius 1 is 1.40 bits per heavy atom. The van der Waals surface area contributed by atoms with Gasteiger partial charge < -0.3 is 15.2 Å². The number of rotatable bonds is 5. The molecule has 2 aromatic rings. The molecule has 1 atom stereocenters. The molecule has 1 aromatic heterocycles. The molecule has 1 fully saturated rings. The predicted octanol–water partition coefficient (Wildman–Crippen LogP) is 1.48. The minimum atomic E-state index is -0.274. The fourth-order valence-electron chi connectivity index (χ4n) is 3.56. The second kappa shape index (κ2) is 6.48. The summed E-state index contributed by atoms with van der Waals surface area (Å²) in [5.41, 5.74) is 3.41. The van der Waals surface area contributed by atoms with Gasteiger partial charge in [-0.05, 0) is 48.9 Å². The fraction of sp³-hybridized carbons (Fsp3) is 0.500. The summed E-state index contributed by atoms with van der Waals surface area (Å²) in [5.74, 6) is 1.03. The van der Waals surface area contributed by atoms with E-state index in [4.69, 9.17) is 4.74 Å². The van der Waals surface area contributed by atoms with Gasteiger partial charge in [0.25, 0.3) is 0 Å². The van der Waals surface area contributed by atoms with Crippen LogP contribution >= 0.6 is 0 Å². The maximum atomic E-state index is 12.5. The molecule has 1 aliphatic heterocycles. The van der Waals surface area contributed by atoms with Crippen LogP contribution in [-0.4, -0.2) is 34.0 Å². The summed E-state index contributed by atoms with van der Waals surface area (Å²) in [7, 11) is 0. The Hall–Kier alpha value is -2.41. The van der Waals surface area contributed by atoms with Crippen LogP contribution in [0.4, 0.5) is 0 Å². The third-order valence-electron chi connectivity index (χ3n) is 5.08. The number of benzene rings is 1. The van der Waals surface area contributed by atoms with Crippen LogP contribution in [0.25, 0.3) is 0 Å². The van der Waals surface area contributed by atoms with Crippen LogP contribution in [0.3, 0.4) is 0 Å². The van der Waals surface area contributed by atoms with Gasteiger partial charge in [-0.25, -0.2) is 4.63 Å². The first-order valence-corrected chi connectivity index (χ1v) is 8.61. The molecule has 25 heavy (non-hydrogen) atoms. The van der Waals surface area contributed by atoms with Crippen LogP contribution < -0.4 is 10.1 Å². The number of hydrogen-bond donors (Lipinski definition) is 2. The number of aromatic nitrogens is 2. The molecule has 1 aliphatic carbocycles. The minimum Gasteiger partial charge on any atom is -0.493 e. The number of nitrogens with one attached hydrogen (secondary N) is 1. The quantitative estimate of drug-likeness (QED) is 0.853. The van der Waals surface area contributed by atoms with Gasteiger partial charge in [-0.1, -0.05) is 16.4 Å². The molecule has 1 saturated carbocycles. The van der Waals surface area contributed by atoms with Crippen LogP contribution in [0.2, 0.25) is 0 Å². The fourth-order valence-corrected chi connectivity index (χ4v) is 3.56. The van der Waals surface area contributed by atoms with Gasteiger partial charge in [-0.3, -0.25) is 4.79 Å². The van der Waals surface area contributed by atoms with Crippen molar-refractivity contribution < 1.29 is 19.3 Å². The molecule has 0 saturated heterocycles. The van der Waals surface area contributed by atoms with E-state index in [0.717, 1.165) is 17.7 Å². The largest absolute Gasteiger partial charge is 0.493 e. The molecule has 2 heterocycles. The van der Waals surface area contributed by atoms with E-state index < -0.39 is 0 Å². The lowest BCUT2D eigenvalue weighted by atomic mass is 9.74. The summed E-state index contributed by atoms with van der Waals surface area (Å²) in [5, 5.41) is 20.3. The first-order chi connectivity index (χ1) is 12.1. The number of aliphatic hydroxyl groups is 1. The van der Waals surface area contributed by atoms with Crippen LogP contribution in [0.1, 0.15) is 41.4 Å². The van der Waals surface area contributed by atoms with E-state index in [2.05, 4.69) is 26.3 Å². The second-order valence-electron chi connectivity index (χ2n) is 6.87. The summed E-state index contributed by atoms with van der Waals surface area (Å²) in [6, 6.07) is 5.96. The molecule has 4 rings (SSSR count). The average Bonchev–Trinajstić information content (AvgIpc) is 3.18. The molecule has 132 valence electrons. The molecule has 0 spiro atoms. The Bertz CT molecular complexity index is 782. The zero-order valence-corrected chi connectivity index (χ0v) is 14.1. The van der Waals surface area contributed by atoms with Crippen LogP contribution in [0, 0.1) is 12.8 Å². The molecule has 0 radical (unpaired) electrons. The first kappa shape index (κ1) is 16.1. The standard InChI is InChI=1S/C18H21N3O4/c1-10-15(21-25-20-10)9-17(23)19-18(13-7-14(22)8-13)12-2-3-16-11(6-12)4-5-24-16/h2-3,6,13-14,18,22H,4-5,7-9H2,1H3,(H,19,23). The summed E-state index contributed by atoms with van der Waals surface area (Å²) < 4.78 is 10.2. The van der Waals surface area contributed by atoms with Gasteiger partial charge in [-0.2, -0.15) is 0 Å². The number of aryl methyl sites for hydroxylation is 1. The highest BCUT2D eigenvalue weighted by molar-refractivity contribution is 5.78. The number of aliphatic hydroxyl groups excluding tert-OH is 1. The van der Waals surface area contributed by atoms with E-state index in [9.17, 15) is 9.90 Å². The van der Waals surface area contributed by atoms with Crippen molar-refractivity contribution in [3.05, 3.63) is 40.7 Å². The zero-order chi connectivity index (χ0) is 17.4. The Morgan fingerprint density at radius 3 is 2.96 bits per heavy atom. The minimum absolute atomic E-state index is 0.123. The molecule has 7 nitrogen and oxygen atoms in total. The summed E-state index contributed by atoms with van der Waals surface area (Å²) in [6.07, 6.45) is 2.14. The van der Waals surface area contributed by atoms with Crippen molar-refractivity contribution in [3.8, 4) is 5.75 Å². The van der Waals surface area contributed by atoms with Crippen LogP contribution in [0.5, 0.6) is 5.75 Å². The molecule has 2 aliphatic rings. The molecule has 1 aromatic carbocycles. The summed E-state index contributed by atoms with van der Waals surface area (Å²) >= 11 is 0. The van der Waals surface area contributed by atoms with Crippen molar-refractivity contribution in [2.45, 2.75) is 44.8 Å². The van der Waals surface area contributed by atoms with Gasteiger partial charge in [0.1, 0.15) is 17.1 Å². The zero-order valence-electron chi connectivity index (χ0n) is 14.1. The Morgan fingerprint density at radius 2 is 2.24 bits per heavy atom. The van der Waals surface area contributed by atoms with Crippen molar-refractivity contribution in [1.82, 2.24) is 15.6 Å². The van der Waals surface area contributed by atoms with E-state index in [0.29, 0.717) is 30.8 Å². The van der Waals surface area contributed by atoms with Gasteiger partial charge in [0.15, 0.2) is 0 Å². The highest BCUT2D eigenvalue weighted by Crippen LogP contribution is 2.39. The third kappa shape index (κ3) is 3.24. The van der Waals surface area contributed by atoms with Crippen molar-refractivity contribution >= 4 is 5.91 Å². The molecule has 1 amide bonds. The topological polar surface area (TPSA) is 97.5 Å². The first-order valence-electron chi connectivity index (χ1n) is 8.61. The van der Waals surface area contributed by atoms with E-state index in [1.807, 2.05) is 12.1 Å². The monoisotopic (exact) mass is 343 g/mol. The number of hydrogen-bond acceptors (Lipinski definition) is 6. The number of amides is 1. The lowest BCUT2D eigenvalue weighted by Gasteiger charge is -2.38. The Balaban J connectivity index is 1.52. The lowest BCUT2D eigenvalue weighted by molar-refractivity contribution is -0.122. The number of fused-ring (bicyclic) bond motifs is 1. The molecule has 7 heteroatoms. The predicted molar refractivity (Wildman–Crippen MR) is 88.0 cm³/mol. The highest BCUT2D eigenvalue weighted by Gasteiger charge is 2.36. The molecule has 1 unspecified atom stereocenters. The van der Waals surface area contributed by atoms with Crippen molar-refractivity contribution in [2.24, 2.45) is 5.92 Å². The van der Waals surface area contributed by atoms with Gasteiger partial charge >= 0.3 is 0 Å². The van der Waals surface area contributed by atoms with Gasteiger partial charge in [0, 0.05) is 6.42 Å². The Kier molecular flexibility index (Phi) is 4.17. The lowest BCUT2D eigenvalue weighted by Crippen LogP contribution is -2.42. The maximum absolute atomic E-state index is 12.5. The SMILES string of the molecule is Cc1nonc1CC(=O)NC(c1ccc2c(c1)CCO2)C1CC(O)C1. The van der Waals surface area contributed by atoms with Gasteiger partial charge in [-0.15, -0.1) is 0 Å². The maximum Gasteiger partial charge on any atom is 0.226 e. The number of ether oxygens (including phenoxy) is 1. The van der Waals surface area contributed by atoms with Crippen LogP contribution in [-0.2, 0) is 17.6 Å². The average molecular weight is 343 g/mol. The molecular formula is C18H21N3O4. The summed E-state index contributed by atoms with van der Waals surface area (Å²) in [4.78, 5) is 12.5. The van der Waals surface area contributed by atoms with E-state index in [1.54, 1.807) is 6.92 Å². The second-order valence-corrected chi connectivity index (χ2v) is 6.87. The van der Waals surface area contributed by atoms with Crippen molar-refractivity contribution in [3.63, 3.8) is 0 Å². The molecule has 2 N–H and O–H groups in total. The normalized spacial score (nSPS) is 22.6. The van der Waals surface area contributed by atoms with E-state index in [1.165, 1.54) is 5.56 Å². The Labute approximate surface area is 145 Å². The molecule has 0 bridgehead atoms. The van der Waals surface area contributed by atoms with Crippen molar-refractivity contribution in [2.75, 3.05) is 6.61 Å². The van der Waals surface area contributed by atoms with E-state index in [-0.39, 0.29) is 30.4 Å². The van der Waals surface area contributed by atoms with Gasteiger partial charge in [0.05, 0.1) is 25.2 Å². The number of nitrogens with zero attached hydrogens (tertiary/aromatic N) is 2. The number of carbonyl (C=O) groups is 1. The van der Waals surface area contributed by atoms with Crippen molar-refractivity contribution in [1.29, 1.82) is 0 Å². The van der Waals surface area contributed by atoms with Crippen LogP contribution in [0.15, 0.2) is 22.8 Å². The van der Waals surface area contributed by atoms with Gasteiger partial charge in [0.2, 0.25) is 5.91 Å². The molecular weight excluding hydrogens is 322 g/mol. The third-order valence-corrected chi connectivity index (χ3v) is 5.08.